The molecule has 1 aliphatic carbocycles. The number of hydrogen-bond donors (Lipinski definition) is 4. The maximum absolute atomic E-state index is 11.6. The summed E-state index contributed by atoms with van der Waals surface area (Å²) in [7, 11) is 3.32. The number of ether oxygens (including phenoxy) is 2. The molecule has 9 nitrogen and oxygen atoms in total. The van der Waals surface area contributed by atoms with Gasteiger partial charge in [0.1, 0.15) is 5.75 Å². The maximum Gasteiger partial charge on any atom is 0.220 e. The largest absolute Gasteiger partial charge is 0.496 e. The molecule has 4 N–H and O–H groups in total. The molecule has 0 spiro atoms. The molecule has 4 aromatic rings. The van der Waals surface area contributed by atoms with Gasteiger partial charge in [-0.2, -0.15) is 0 Å². The zero-order valence-corrected chi connectivity index (χ0v) is 30.9. The number of pyridine rings is 1. The number of aryl methyl sites for hydroxylation is 1. The molecule has 3 aliphatic rings. The molecule has 2 amide bonds. The highest BCUT2D eigenvalue weighted by atomic mass is 35.5. The summed E-state index contributed by atoms with van der Waals surface area (Å²) in [6.07, 6.45) is 6.90. The van der Waals surface area contributed by atoms with Crippen LogP contribution in [-0.2, 0) is 29.1 Å². The van der Waals surface area contributed by atoms with E-state index in [4.69, 9.17) is 37.7 Å². The number of nitrogens with one attached hydrogen (secondary N) is 4. The van der Waals surface area contributed by atoms with Gasteiger partial charge in [-0.05, 0) is 66.2 Å². The molecule has 3 heterocycles. The van der Waals surface area contributed by atoms with E-state index in [1.54, 1.807) is 14.2 Å². The van der Waals surface area contributed by atoms with Crippen molar-refractivity contribution < 1.29 is 19.1 Å². The van der Waals surface area contributed by atoms with Crippen LogP contribution in [0.15, 0.2) is 60.7 Å². The first-order chi connectivity index (χ1) is 25.3. The van der Waals surface area contributed by atoms with Crippen LogP contribution in [-0.4, -0.2) is 56.2 Å². The smallest absolute Gasteiger partial charge is 0.220 e. The summed E-state index contributed by atoms with van der Waals surface area (Å²) in [6, 6.07) is 20.6. The summed E-state index contributed by atoms with van der Waals surface area (Å²) < 4.78 is 11.5. The molecule has 2 aliphatic heterocycles. The van der Waals surface area contributed by atoms with Gasteiger partial charge in [0.15, 0.2) is 0 Å². The van der Waals surface area contributed by atoms with E-state index < -0.39 is 0 Å². The minimum Gasteiger partial charge on any atom is -0.496 e. The van der Waals surface area contributed by atoms with Gasteiger partial charge in [-0.3, -0.25) is 9.59 Å². The van der Waals surface area contributed by atoms with Crippen LogP contribution in [0.3, 0.4) is 0 Å². The number of allylic oxidation sites excluding steroid dienone is 1. The molecule has 2 atom stereocenters. The molecule has 0 unspecified atom stereocenters. The van der Waals surface area contributed by atoms with Crippen molar-refractivity contribution in [2.45, 2.75) is 63.7 Å². The van der Waals surface area contributed by atoms with Crippen LogP contribution in [0.25, 0.3) is 34.0 Å². The third-order valence-electron chi connectivity index (χ3n) is 10.2. The molecule has 0 saturated carbocycles. The molecule has 11 heteroatoms. The minimum absolute atomic E-state index is 0.105. The number of carbonyl (C=O) groups excluding carboxylic acids is 2. The van der Waals surface area contributed by atoms with Crippen LogP contribution >= 0.6 is 23.2 Å². The van der Waals surface area contributed by atoms with E-state index in [0.29, 0.717) is 54.1 Å². The van der Waals surface area contributed by atoms with Crippen molar-refractivity contribution in [2.24, 2.45) is 0 Å². The van der Waals surface area contributed by atoms with Crippen molar-refractivity contribution in [3.8, 4) is 34.0 Å². The lowest BCUT2D eigenvalue weighted by Gasteiger charge is -2.16. The Morgan fingerprint density at radius 2 is 1.40 bits per heavy atom. The van der Waals surface area contributed by atoms with Crippen molar-refractivity contribution in [1.82, 2.24) is 26.3 Å². The Balaban J connectivity index is 1.09. The quantitative estimate of drug-likeness (QED) is 0.117. The van der Waals surface area contributed by atoms with Gasteiger partial charge < -0.3 is 30.7 Å². The number of methoxy groups -OCH3 is 2. The Morgan fingerprint density at radius 1 is 0.750 bits per heavy atom. The average Bonchev–Trinajstić information content (AvgIpc) is 3.88. The van der Waals surface area contributed by atoms with Gasteiger partial charge in [-0.1, -0.05) is 71.7 Å². The Kier molecular flexibility index (Phi) is 11.1. The maximum atomic E-state index is 11.6. The topological polar surface area (TPSA) is 114 Å². The number of fused-ring (bicyclic) bond motifs is 1. The Hall–Kier alpha value is -4.41. The van der Waals surface area contributed by atoms with E-state index in [9.17, 15) is 9.59 Å². The van der Waals surface area contributed by atoms with E-state index in [0.717, 1.165) is 71.4 Å². The summed E-state index contributed by atoms with van der Waals surface area (Å²) in [5.74, 6) is 1.59. The molecule has 1 aromatic heterocycles. The second kappa shape index (κ2) is 16.1. The fourth-order valence-electron chi connectivity index (χ4n) is 7.41. The molecule has 52 heavy (non-hydrogen) atoms. The third kappa shape index (κ3) is 7.83. The van der Waals surface area contributed by atoms with Crippen molar-refractivity contribution >= 4 is 46.7 Å². The molecule has 2 fully saturated rings. The number of halogens is 2. The first-order valence-electron chi connectivity index (χ1n) is 17.8. The van der Waals surface area contributed by atoms with Crippen LogP contribution in [0.1, 0.15) is 59.9 Å². The van der Waals surface area contributed by atoms with Crippen molar-refractivity contribution in [3.05, 3.63) is 98.5 Å². The Morgan fingerprint density at radius 3 is 2.06 bits per heavy atom. The second-order valence-electron chi connectivity index (χ2n) is 13.6. The van der Waals surface area contributed by atoms with Crippen LogP contribution < -0.4 is 30.7 Å². The lowest BCUT2D eigenvalue weighted by molar-refractivity contribution is -0.120. The molecular formula is C41H43Cl2N5O4. The number of benzene rings is 3. The monoisotopic (exact) mass is 739 g/mol. The average molecular weight is 741 g/mol. The highest BCUT2D eigenvalue weighted by Gasteiger charge is 2.24. The van der Waals surface area contributed by atoms with Gasteiger partial charge in [-0.25, -0.2) is 4.98 Å². The summed E-state index contributed by atoms with van der Waals surface area (Å²) in [5, 5.41) is 14.1. The fraction of sp³-hybridized carbons (Fsp3) is 0.341. The standard InChI is InChI=1S/C41H43Cl2N5O4/c1-51-36-19-34-24(9-10-25(34)18-28(36)21-45-23-30-13-16-38(50)47-30)17-26-5-3-6-31(39(26)42)32-7-4-8-33(40(32)43)35-14-11-27(41(48-35)52-2)20-44-22-29-12-15-37(49)46-29/h3-8,11,14,17-19,29-30,44-45H,9-10,12-13,15-16,20-23H2,1-2H3,(H,46,49)(H,47,50)/b24-17+/t29-,30-/m0/s1. The van der Waals surface area contributed by atoms with E-state index in [-0.39, 0.29) is 23.9 Å². The first-order valence-corrected chi connectivity index (χ1v) is 18.6. The minimum atomic E-state index is 0.105. The van der Waals surface area contributed by atoms with Gasteiger partial charge in [0.05, 0.1) is 30.0 Å². The predicted octanol–water partition coefficient (Wildman–Crippen LogP) is 6.96. The summed E-state index contributed by atoms with van der Waals surface area (Å²) in [5.41, 5.74) is 9.74. The third-order valence-corrected chi connectivity index (χ3v) is 11.0. The number of carbonyl (C=O) groups is 2. The predicted molar refractivity (Wildman–Crippen MR) is 207 cm³/mol. The van der Waals surface area contributed by atoms with E-state index in [2.05, 4.69) is 39.5 Å². The lowest BCUT2D eigenvalue weighted by Crippen LogP contribution is -2.35. The molecule has 3 aromatic carbocycles. The first kappa shape index (κ1) is 36.0. The number of hydrogen-bond acceptors (Lipinski definition) is 7. The van der Waals surface area contributed by atoms with E-state index in [1.807, 2.05) is 48.5 Å². The molecule has 270 valence electrons. The van der Waals surface area contributed by atoms with Gasteiger partial charge >= 0.3 is 0 Å². The van der Waals surface area contributed by atoms with Crippen LogP contribution in [0.4, 0.5) is 0 Å². The normalized spacial score (nSPS) is 18.8. The molecule has 2 saturated heterocycles. The highest BCUT2D eigenvalue weighted by Crippen LogP contribution is 2.43. The van der Waals surface area contributed by atoms with Gasteiger partial charge in [0.2, 0.25) is 17.7 Å². The van der Waals surface area contributed by atoms with Crippen LogP contribution in [0.5, 0.6) is 11.6 Å². The SMILES string of the molecule is COc1cc2c(cc1CNC[C@@H]1CCC(=O)N1)CC/C2=C\c1cccc(-c2cccc(-c3ccc(CNC[C@@H]4CCC(=O)N4)c(OC)n3)c2Cl)c1Cl. The van der Waals surface area contributed by atoms with Gasteiger partial charge in [-0.15, -0.1) is 0 Å². The lowest BCUT2D eigenvalue weighted by atomic mass is 9.97. The Bertz CT molecular complexity index is 2030. The number of nitrogens with zero attached hydrogens (tertiary/aromatic N) is 1. The van der Waals surface area contributed by atoms with Gasteiger partial charge in [0, 0.05) is 78.9 Å². The van der Waals surface area contributed by atoms with Gasteiger partial charge in [0.25, 0.3) is 0 Å². The number of rotatable bonds is 13. The molecular weight excluding hydrogens is 697 g/mol. The highest BCUT2D eigenvalue weighted by molar-refractivity contribution is 6.38. The van der Waals surface area contributed by atoms with E-state index >= 15 is 0 Å². The van der Waals surface area contributed by atoms with Crippen molar-refractivity contribution in [3.63, 3.8) is 0 Å². The van der Waals surface area contributed by atoms with Crippen molar-refractivity contribution in [1.29, 1.82) is 0 Å². The molecule has 0 bridgehead atoms. The summed E-state index contributed by atoms with van der Waals surface area (Å²) in [4.78, 5) is 27.9. The van der Waals surface area contributed by atoms with E-state index in [1.165, 1.54) is 16.7 Å². The van der Waals surface area contributed by atoms with Crippen LogP contribution in [0.2, 0.25) is 10.0 Å². The fourth-order valence-corrected chi connectivity index (χ4v) is 8.02. The number of aromatic nitrogens is 1. The zero-order chi connectivity index (χ0) is 36.2. The molecule has 7 rings (SSSR count). The second-order valence-corrected chi connectivity index (χ2v) is 14.4. The zero-order valence-electron chi connectivity index (χ0n) is 29.4. The Labute approximate surface area is 314 Å². The summed E-state index contributed by atoms with van der Waals surface area (Å²) in [6.45, 7) is 2.65. The number of amides is 2. The molecule has 0 radical (unpaired) electrons. The van der Waals surface area contributed by atoms with Crippen LogP contribution in [0, 0.1) is 0 Å². The summed E-state index contributed by atoms with van der Waals surface area (Å²) >= 11 is 14.3. The van der Waals surface area contributed by atoms with Crippen molar-refractivity contribution in [2.75, 3.05) is 27.3 Å².